The number of ketones is 1. The molecule has 1 aliphatic carbocycles. The molecule has 2 aromatic heterocycles. The molecular weight excluding hydrogens is 553 g/mol. The molecule has 2 saturated heterocycles. The largest absolute Gasteiger partial charge is 2.00 e. The van der Waals surface area contributed by atoms with Gasteiger partial charge in [0.25, 0.3) is 0 Å². The van der Waals surface area contributed by atoms with Crippen LogP contribution in [0.3, 0.4) is 0 Å². The predicted molar refractivity (Wildman–Crippen MR) is 169 cm³/mol. The minimum absolute atomic E-state index is 0. The Balaban J connectivity index is 0.00000368. The van der Waals surface area contributed by atoms with E-state index in [4.69, 9.17) is 25.3 Å². The van der Waals surface area contributed by atoms with Crippen LogP contribution in [-0.2, 0) is 9.53 Å². The molecule has 1 N–H and O–H groups in total. The number of aliphatic hydroxyl groups excluding tert-OH is 1. The fourth-order valence-corrected chi connectivity index (χ4v) is 7.60. The van der Waals surface area contributed by atoms with E-state index in [1.807, 2.05) is 32.1 Å². The Kier molecular flexibility index (Phi) is 8.28. The van der Waals surface area contributed by atoms with E-state index in [1.165, 1.54) is 7.11 Å². The molecule has 4 aliphatic rings. The van der Waals surface area contributed by atoms with Crippen molar-refractivity contribution in [2.24, 2.45) is 29.6 Å². The summed E-state index contributed by atoms with van der Waals surface area (Å²) in [5.74, 6) is -1.11. The van der Waals surface area contributed by atoms with Gasteiger partial charge in [0.15, 0.2) is 5.78 Å². The summed E-state index contributed by atoms with van der Waals surface area (Å²) in [6.45, 7) is 14.0. The fraction of sp³-hybridized carbons (Fsp3) is 0.471. The van der Waals surface area contributed by atoms with E-state index in [0.29, 0.717) is 33.1 Å². The van der Waals surface area contributed by atoms with E-state index in [-0.39, 0.29) is 64.3 Å². The number of nitrogens with zero attached hydrogens (tertiary/aromatic N) is 4. The molecule has 0 spiro atoms. The Labute approximate surface area is 269 Å². The van der Waals surface area contributed by atoms with Gasteiger partial charge in [0.05, 0.1) is 7.11 Å². The molecule has 8 nitrogen and oxygen atoms in total. The third kappa shape index (κ3) is 4.61. The minimum Gasteiger partial charge on any atom is -0.681 e. The van der Waals surface area contributed by atoms with Gasteiger partial charge in [-0.3, -0.25) is 9.59 Å². The number of methoxy groups -OCH3 is 1. The molecule has 3 aliphatic heterocycles. The van der Waals surface area contributed by atoms with Crippen molar-refractivity contribution in [3.05, 3.63) is 72.1 Å². The molecule has 2 fully saturated rings. The fourth-order valence-electron chi connectivity index (χ4n) is 7.60. The second kappa shape index (κ2) is 11.4. The number of esters is 1. The van der Waals surface area contributed by atoms with Gasteiger partial charge in [0.2, 0.25) is 0 Å². The van der Waals surface area contributed by atoms with Crippen LogP contribution in [0.4, 0.5) is 0 Å². The van der Waals surface area contributed by atoms with Gasteiger partial charge >= 0.3 is 29.0 Å². The van der Waals surface area contributed by atoms with Crippen LogP contribution in [0.15, 0.2) is 17.1 Å². The third-order valence-corrected chi connectivity index (χ3v) is 9.98. The van der Waals surface area contributed by atoms with E-state index in [0.717, 1.165) is 46.8 Å². The predicted octanol–water partition coefficient (Wildman–Crippen LogP) is 4.86. The number of ether oxygens (including phenoxy) is 1. The summed E-state index contributed by atoms with van der Waals surface area (Å²) in [5.41, 5.74) is 7.67. The molecule has 8 bridgehead atoms. The summed E-state index contributed by atoms with van der Waals surface area (Å²) in [7, 11) is 1.34. The van der Waals surface area contributed by atoms with Gasteiger partial charge in [-0.2, -0.15) is 17.1 Å². The van der Waals surface area contributed by atoms with Gasteiger partial charge in [-0.1, -0.05) is 81.5 Å². The normalized spacial score (nSPS) is 30.7. The zero-order valence-corrected chi connectivity index (χ0v) is 27.7. The zero-order valence-electron chi connectivity index (χ0n) is 26.3. The van der Waals surface area contributed by atoms with Gasteiger partial charge in [0, 0.05) is 10.8 Å². The molecule has 43 heavy (non-hydrogen) atoms. The molecule has 0 saturated carbocycles. The van der Waals surface area contributed by atoms with Crippen LogP contribution >= 0.6 is 0 Å². The average molecular weight is 591 g/mol. The molecule has 222 valence electrons. The Morgan fingerprint density at radius 1 is 0.907 bits per heavy atom. The number of rotatable bonds is 4. The van der Waals surface area contributed by atoms with Crippen molar-refractivity contribution in [3.8, 4) is 0 Å². The van der Waals surface area contributed by atoms with Crippen molar-refractivity contribution in [1.29, 1.82) is 0 Å². The number of hydrogen-bond donors (Lipinski definition) is 1. The number of fused-ring (bicyclic) bond motifs is 8. The molecule has 0 unspecified atom stereocenters. The van der Waals surface area contributed by atoms with Crippen molar-refractivity contribution in [3.63, 3.8) is 0 Å². The van der Waals surface area contributed by atoms with Crippen LogP contribution in [0.2, 0.25) is 0 Å². The summed E-state index contributed by atoms with van der Waals surface area (Å²) in [6, 6.07) is -0.375. The summed E-state index contributed by atoms with van der Waals surface area (Å²) in [6.07, 6.45) is 7.67. The first-order chi connectivity index (χ1) is 20.0. The number of carbonyl (C=O) groups is 2. The smallest absolute Gasteiger partial charge is 0.681 e. The summed E-state index contributed by atoms with van der Waals surface area (Å²) in [5, 5.41) is 23.0. The average Bonchev–Trinajstić information content (AvgIpc) is 3.69. The Bertz CT molecular complexity index is 1740. The van der Waals surface area contributed by atoms with Crippen LogP contribution in [0.25, 0.3) is 40.2 Å². The third-order valence-electron chi connectivity index (χ3n) is 9.98. The first-order valence-corrected chi connectivity index (χ1v) is 15.0. The zero-order chi connectivity index (χ0) is 30.2. The van der Waals surface area contributed by atoms with Crippen LogP contribution in [0.1, 0.15) is 86.0 Å². The summed E-state index contributed by atoms with van der Waals surface area (Å²) >= 11 is 0. The molecule has 0 aromatic carbocycles. The van der Waals surface area contributed by atoms with Gasteiger partial charge in [-0.05, 0) is 44.4 Å². The maximum Gasteiger partial charge on any atom is 2.00 e. The molecule has 5 heterocycles. The SMILES string of the molecule is CC[C@@H]1[C@@H]2[N-]/C(=C\c3[n-]c(c(C(C)=O)c3C)/C=C3\[N-]/C(=C\c4[n-]c5c(c4C)=C(O)[C@H](C(=O)OC)C=52)[C@H](CC)[C@H]3C)[C@H]1C.[Mg+2]. The van der Waals surface area contributed by atoms with Crippen LogP contribution in [0.5, 0.6) is 0 Å². The van der Waals surface area contributed by atoms with E-state index in [2.05, 4.69) is 27.7 Å². The second-order valence-corrected chi connectivity index (χ2v) is 12.1. The van der Waals surface area contributed by atoms with E-state index >= 15 is 0 Å². The molecule has 6 rings (SSSR count). The number of allylic oxidation sites excluding steroid dienone is 3. The first-order valence-electron chi connectivity index (χ1n) is 15.0. The van der Waals surface area contributed by atoms with Gasteiger partial charge in [0.1, 0.15) is 11.7 Å². The topological polar surface area (TPSA) is 120 Å². The van der Waals surface area contributed by atoms with Crippen LogP contribution in [0, 0.1) is 43.4 Å². The summed E-state index contributed by atoms with van der Waals surface area (Å²) in [4.78, 5) is 36.1. The molecule has 2 aromatic rings. The second-order valence-electron chi connectivity index (χ2n) is 12.1. The summed E-state index contributed by atoms with van der Waals surface area (Å²) < 4.78 is 5.19. The number of Topliss-reactive ketones (excluding diaryl/α,β-unsaturated/α-hetero) is 1. The van der Waals surface area contributed by atoms with Crippen molar-refractivity contribution in [2.75, 3.05) is 7.11 Å². The van der Waals surface area contributed by atoms with Gasteiger partial charge in [-0.15, -0.1) is 22.4 Å². The van der Waals surface area contributed by atoms with Crippen molar-refractivity contribution >= 4 is 64.4 Å². The maximum absolute atomic E-state index is 13.2. The van der Waals surface area contributed by atoms with Gasteiger partial charge in [-0.25, -0.2) is 0 Å². The monoisotopic (exact) mass is 590 g/mol. The molecule has 0 radical (unpaired) electrons. The molecule has 9 heteroatoms. The quantitative estimate of drug-likeness (QED) is 0.308. The van der Waals surface area contributed by atoms with Crippen molar-refractivity contribution in [2.45, 2.75) is 67.3 Å². The molecule has 6 atom stereocenters. The first kappa shape index (κ1) is 31.3. The van der Waals surface area contributed by atoms with Crippen molar-refractivity contribution < 1.29 is 19.4 Å². The Morgan fingerprint density at radius 3 is 2.19 bits per heavy atom. The van der Waals surface area contributed by atoms with E-state index in [9.17, 15) is 14.7 Å². The molecule has 0 amide bonds. The standard InChI is InChI=1S/C34H39N4O4.Mg/c1-9-19-14(3)21-13-26-27(18(7)39)16(5)23(36-26)11-22-15(4)20(10-2)31(37-22)29-30(34(41)42-8)33(40)28-17(6)24(38-32(28)29)12-25(19)35-21;/h11-15,19-20,30-31H,9-10H2,1-8H3,(H2-,35,36,39,40);/q-3;+2/p-1/b22-11-,25-12-;/t14-,15+,19-,20+,30-,31+;/m1./s1. The van der Waals surface area contributed by atoms with E-state index in [1.54, 1.807) is 6.92 Å². The maximum atomic E-state index is 13.2. The van der Waals surface area contributed by atoms with Crippen molar-refractivity contribution in [1.82, 2.24) is 9.97 Å². The number of aromatic nitrogens is 2. The number of carbonyl (C=O) groups excluding carboxylic acids is 2. The van der Waals surface area contributed by atoms with Crippen LogP contribution in [-0.4, -0.2) is 53.1 Å². The Hall–Kier alpha value is -3.17. The number of hydrogen-bond acceptors (Lipinski definition) is 4. The van der Waals surface area contributed by atoms with E-state index < -0.39 is 11.9 Å². The van der Waals surface area contributed by atoms with Gasteiger partial charge < -0.3 is 30.4 Å². The Morgan fingerprint density at radius 2 is 1.56 bits per heavy atom. The van der Waals surface area contributed by atoms with Crippen LogP contribution < -0.4 is 20.5 Å². The number of aliphatic hydroxyl groups is 1. The minimum atomic E-state index is -0.954. The molecular formula is C34H38MgN4O4-2.